The molecular formula is C12H20N2O2S2. The van der Waals surface area contributed by atoms with Crippen LogP contribution in [0.4, 0.5) is 5.69 Å². The van der Waals surface area contributed by atoms with Crippen molar-refractivity contribution in [3.63, 3.8) is 0 Å². The van der Waals surface area contributed by atoms with Crippen LogP contribution in [0.15, 0.2) is 29.2 Å². The SMILES string of the molecule is CNc1cccc(S(=O)(=O)N(C)C(C)CSC)c1. The first-order chi connectivity index (χ1) is 8.43. The van der Waals surface area contributed by atoms with Crippen molar-refractivity contribution in [2.24, 2.45) is 0 Å². The van der Waals surface area contributed by atoms with Gasteiger partial charge in [-0.3, -0.25) is 0 Å². The summed E-state index contributed by atoms with van der Waals surface area (Å²) in [6.45, 7) is 1.91. The molecule has 1 N–H and O–H groups in total. The number of anilines is 1. The second kappa shape index (κ2) is 6.45. The van der Waals surface area contributed by atoms with Crippen molar-refractivity contribution in [1.29, 1.82) is 0 Å². The molecular weight excluding hydrogens is 268 g/mol. The van der Waals surface area contributed by atoms with Crippen molar-refractivity contribution in [1.82, 2.24) is 4.31 Å². The summed E-state index contributed by atoms with van der Waals surface area (Å²) in [4.78, 5) is 0.324. The summed E-state index contributed by atoms with van der Waals surface area (Å²) in [5, 5.41) is 2.95. The monoisotopic (exact) mass is 288 g/mol. The Labute approximate surface area is 114 Å². The Morgan fingerprint density at radius 3 is 2.67 bits per heavy atom. The number of hydrogen-bond donors (Lipinski definition) is 1. The smallest absolute Gasteiger partial charge is 0.243 e. The fourth-order valence-electron chi connectivity index (χ4n) is 1.56. The third kappa shape index (κ3) is 3.40. The zero-order valence-electron chi connectivity index (χ0n) is 11.2. The summed E-state index contributed by atoms with van der Waals surface area (Å²) < 4.78 is 26.2. The fraction of sp³-hybridized carbons (Fsp3) is 0.500. The van der Waals surface area contributed by atoms with Crippen LogP contribution in [0.1, 0.15) is 6.92 Å². The van der Waals surface area contributed by atoms with Gasteiger partial charge in [-0.1, -0.05) is 6.07 Å². The second-order valence-electron chi connectivity index (χ2n) is 4.10. The van der Waals surface area contributed by atoms with E-state index in [1.165, 1.54) is 4.31 Å². The maximum absolute atomic E-state index is 12.4. The minimum atomic E-state index is -3.41. The van der Waals surface area contributed by atoms with E-state index >= 15 is 0 Å². The van der Waals surface area contributed by atoms with Gasteiger partial charge in [-0.15, -0.1) is 0 Å². The van der Waals surface area contributed by atoms with E-state index in [9.17, 15) is 8.42 Å². The maximum Gasteiger partial charge on any atom is 0.243 e. The van der Waals surface area contributed by atoms with Crippen LogP contribution in [-0.2, 0) is 10.0 Å². The van der Waals surface area contributed by atoms with Crippen LogP contribution < -0.4 is 5.32 Å². The van der Waals surface area contributed by atoms with Crippen molar-refractivity contribution in [2.45, 2.75) is 17.9 Å². The Hall–Kier alpha value is -0.720. The zero-order valence-corrected chi connectivity index (χ0v) is 12.8. The molecule has 102 valence electrons. The lowest BCUT2D eigenvalue weighted by Gasteiger charge is -2.23. The normalized spacial score (nSPS) is 13.6. The van der Waals surface area contributed by atoms with Gasteiger partial charge < -0.3 is 5.32 Å². The van der Waals surface area contributed by atoms with E-state index in [2.05, 4.69) is 5.32 Å². The Morgan fingerprint density at radius 2 is 2.11 bits per heavy atom. The molecule has 0 amide bonds. The Morgan fingerprint density at radius 1 is 1.44 bits per heavy atom. The molecule has 1 aromatic rings. The van der Waals surface area contributed by atoms with Gasteiger partial charge in [-0.2, -0.15) is 16.1 Å². The van der Waals surface area contributed by atoms with Crippen LogP contribution in [0.25, 0.3) is 0 Å². The highest BCUT2D eigenvalue weighted by molar-refractivity contribution is 7.98. The molecule has 1 aromatic carbocycles. The molecule has 0 saturated carbocycles. The minimum absolute atomic E-state index is 0.0248. The molecule has 1 rings (SSSR count). The van der Waals surface area contributed by atoms with Gasteiger partial charge in [-0.05, 0) is 31.4 Å². The predicted molar refractivity (Wildman–Crippen MR) is 78.8 cm³/mol. The molecule has 0 aromatic heterocycles. The molecule has 0 saturated heterocycles. The average Bonchev–Trinajstić information content (AvgIpc) is 2.38. The van der Waals surface area contributed by atoms with Gasteiger partial charge in [0.05, 0.1) is 4.90 Å². The topological polar surface area (TPSA) is 49.4 Å². The average molecular weight is 288 g/mol. The van der Waals surface area contributed by atoms with Gasteiger partial charge >= 0.3 is 0 Å². The standard InChI is InChI=1S/C12H20N2O2S2/c1-10(9-17-4)14(3)18(15,16)12-7-5-6-11(8-12)13-2/h5-8,10,13H,9H2,1-4H3. The van der Waals surface area contributed by atoms with Gasteiger partial charge in [0.2, 0.25) is 10.0 Å². The minimum Gasteiger partial charge on any atom is -0.388 e. The van der Waals surface area contributed by atoms with E-state index in [0.29, 0.717) is 4.90 Å². The van der Waals surface area contributed by atoms with Gasteiger partial charge in [0.15, 0.2) is 0 Å². The lowest BCUT2D eigenvalue weighted by Crippen LogP contribution is -2.36. The van der Waals surface area contributed by atoms with Crippen LogP contribution >= 0.6 is 11.8 Å². The molecule has 4 nitrogen and oxygen atoms in total. The Kier molecular flexibility index (Phi) is 5.49. The maximum atomic E-state index is 12.4. The van der Waals surface area contributed by atoms with Crippen LogP contribution in [-0.4, -0.2) is 44.9 Å². The molecule has 0 radical (unpaired) electrons. The molecule has 1 unspecified atom stereocenters. The second-order valence-corrected chi connectivity index (χ2v) is 7.01. The van der Waals surface area contributed by atoms with E-state index in [1.807, 2.05) is 19.2 Å². The molecule has 1 atom stereocenters. The van der Waals surface area contributed by atoms with Gasteiger partial charge in [0.1, 0.15) is 0 Å². The molecule has 18 heavy (non-hydrogen) atoms. The third-order valence-corrected chi connectivity index (χ3v) is 5.61. The predicted octanol–water partition coefficient (Wildman–Crippen LogP) is 2.10. The van der Waals surface area contributed by atoms with Crippen molar-refractivity contribution in [2.75, 3.05) is 31.4 Å². The van der Waals surface area contributed by atoms with E-state index in [1.54, 1.807) is 44.1 Å². The molecule has 0 fully saturated rings. The summed E-state index contributed by atoms with van der Waals surface area (Å²) in [5.41, 5.74) is 0.794. The lowest BCUT2D eigenvalue weighted by molar-refractivity contribution is 0.415. The Bertz CT molecular complexity index is 489. The van der Waals surface area contributed by atoms with Crippen LogP contribution in [0.5, 0.6) is 0 Å². The number of sulfonamides is 1. The van der Waals surface area contributed by atoms with Crippen molar-refractivity contribution >= 4 is 27.5 Å². The van der Waals surface area contributed by atoms with Crippen molar-refractivity contribution in [3.8, 4) is 0 Å². The molecule has 0 aliphatic rings. The quantitative estimate of drug-likeness (QED) is 0.871. The van der Waals surface area contributed by atoms with Crippen LogP contribution in [0, 0.1) is 0 Å². The fourth-order valence-corrected chi connectivity index (χ4v) is 3.77. The third-order valence-electron chi connectivity index (χ3n) is 2.83. The first-order valence-electron chi connectivity index (χ1n) is 5.68. The highest BCUT2D eigenvalue weighted by Gasteiger charge is 2.25. The number of thioether (sulfide) groups is 1. The van der Waals surface area contributed by atoms with E-state index < -0.39 is 10.0 Å². The number of nitrogens with one attached hydrogen (secondary N) is 1. The first-order valence-corrected chi connectivity index (χ1v) is 8.51. The van der Waals surface area contributed by atoms with E-state index in [-0.39, 0.29) is 6.04 Å². The molecule has 0 aliphatic carbocycles. The number of rotatable bonds is 6. The van der Waals surface area contributed by atoms with Gasteiger partial charge in [0, 0.05) is 31.6 Å². The first kappa shape index (κ1) is 15.3. The van der Waals surface area contributed by atoms with E-state index in [0.717, 1.165) is 11.4 Å². The number of benzene rings is 1. The summed E-state index contributed by atoms with van der Waals surface area (Å²) in [6, 6.07) is 6.83. The van der Waals surface area contributed by atoms with Crippen LogP contribution in [0.3, 0.4) is 0 Å². The Balaban J connectivity index is 3.05. The summed E-state index contributed by atoms with van der Waals surface area (Å²) in [6.07, 6.45) is 1.97. The summed E-state index contributed by atoms with van der Waals surface area (Å²) in [5.74, 6) is 0.779. The summed E-state index contributed by atoms with van der Waals surface area (Å²) in [7, 11) is -0.0161. The van der Waals surface area contributed by atoms with Crippen molar-refractivity contribution < 1.29 is 8.42 Å². The zero-order chi connectivity index (χ0) is 13.8. The van der Waals surface area contributed by atoms with Gasteiger partial charge in [0.25, 0.3) is 0 Å². The molecule has 0 aliphatic heterocycles. The number of hydrogen-bond acceptors (Lipinski definition) is 4. The van der Waals surface area contributed by atoms with Crippen LogP contribution in [0.2, 0.25) is 0 Å². The molecule has 0 heterocycles. The lowest BCUT2D eigenvalue weighted by atomic mass is 10.3. The largest absolute Gasteiger partial charge is 0.388 e. The molecule has 0 bridgehead atoms. The van der Waals surface area contributed by atoms with E-state index in [4.69, 9.17) is 0 Å². The summed E-state index contributed by atoms with van der Waals surface area (Å²) >= 11 is 1.64. The molecule has 0 spiro atoms. The highest BCUT2D eigenvalue weighted by Crippen LogP contribution is 2.20. The highest BCUT2D eigenvalue weighted by atomic mass is 32.2. The molecule has 6 heteroatoms. The number of nitrogens with zero attached hydrogens (tertiary/aromatic N) is 1. The van der Waals surface area contributed by atoms with Crippen molar-refractivity contribution in [3.05, 3.63) is 24.3 Å². The van der Waals surface area contributed by atoms with Gasteiger partial charge in [-0.25, -0.2) is 8.42 Å².